The molecule has 1 rings (SSSR count). The van der Waals surface area contributed by atoms with Crippen molar-refractivity contribution in [2.24, 2.45) is 0 Å². The predicted molar refractivity (Wildman–Crippen MR) is 83.2 cm³/mol. The molecule has 0 unspecified atom stereocenters. The van der Waals surface area contributed by atoms with E-state index >= 15 is 0 Å². The van der Waals surface area contributed by atoms with Crippen LogP contribution in [-0.4, -0.2) is 48.8 Å². The number of amides is 1. The standard InChI is InChI=1S/C17H23NO3/c1-13(2)21-11-9-18(4)17(20)16-8-7-15(6-5-10-19)14(3)12-16/h7-8,12-13,19H,9-11H2,1-4H3. The molecule has 0 aromatic heterocycles. The molecule has 0 saturated carbocycles. The number of benzene rings is 1. The summed E-state index contributed by atoms with van der Waals surface area (Å²) >= 11 is 0. The van der Waals surface area contributed by atoms with Crippen LogP contribution >= 0.6 is 0 Å². The van der Waals surface area contributed by atoms with Crippen molar-refractivity contribution >= 4 is 5.91 Å². The molecule has 1 aromatic rings. The molecule has 1 aromatic carbocycles. The van der Waals surface area contributed by atoms with E-state index in [1.807, 2.05) is 32.9 Å². The number of carbonyl (C=O) groups is 1. The SMILES string of the molecule is Cc1cc(C(=O)N(C)CCOC(C)C)ccc1C#CCO. The van der Waals surface area contributed by atoms with Gasteiger partial charge in [-0.15, -0.1) is 0 Å². The van der Waals surface area contributed by atoms with Crippen LogP contribution in [0.3, 0.4) is 0 Å². The summed E-state index contributed by atoms with van der Waals surface area (Å²) in [7, 11) is 1.76. The fourth-order valence-corrected chi connectivity index (χ4v) is 1.82. The van der Waals surface area contributed by atoms with Crippen molar-refractivity contribution in [3.63, 3.8) is 0 Å². The van der Waals surface area contributed by atoms with Gasteiger partial charge in [0.1, 0.15) is 6.61 Å². The third kappa shape index (κ3) is 5.58. The minimum Gasteiger partial charge on any atom is -0.384 e. The number of hydrogen-bond acceptors (Lipinski definition) is 3. The number of likely N-dealkylation sites (N-methyl/N-ethyl adjacent to an activating group) is 1. The average Bonchev–Trinajstić information content (AvgIpc) is 2.44. The lowest BCUT2D eigenvalue weighted by molar-refractivity contribution is 0.0532. The van der Waals surface area contributed by atoms with Crippen molar-refractivity contribution in [2.45, 2.75) is 26.9 Å². The van der Waals surface area contributed by atoms with Gasteiger partial charge in [0.2, 0.25) is 0 Å². The topological polar surface area (TPSA) is 49.8 Å². The van der Waals surface area contributed by atoms with E-state index in [2.05, 4.69) is 11.8 Å². The van der Waals surface area contributed by atoms with Gasteiger partial charge in [-0.2, -0.15) is 0 Å². The van der Waals surface area contributed by atoms with Crippen LogP contribution in [0.25, 0.3) is 0 Å². The smallest absolute Gasteiger partial charge is 0.253 e. The Morgan fingerprint density at radius 2 is 2.14 bits per heavy atom. The molecular weight excluding hydrogens is 266 g/mol. The third-order valence-electron chi connectivity index (χ3n) is 3.00. The maximum absolute atomic E-state index is 12.3. The number of hydrogen-bond donors (Lipinski definition) is 1. The summed E-state index contributed by atoms with van der Waals surface area (Å²) in [6, 6.07) is 5.39. The molecule has 0 aliphatic rings. The van der Waals surface area contributed by atoms with Crippen LogP contribution in [0.4, 0.5) is 0 Å². The van der Waals surface area contributed by atoms with Crippen molar-refractivity contribution in [3.05, 3.63) is 34.9 Å². The first-order valence-corrected chi connectivity index (χ1v) is 7.03. The van der Waals surface area contributed by atoms with Gasteiger partial charge in [-0.3, -0.25) is 4.79 Å². The zero-order valence-corrected chi connectivity index (χ0v) is 13.1. The maximum Gasteiger partial charge on any atom is 0.253 e. The van der Waals surface area contributed by atoms with Gasteiger partial charge in [-0.1, -0.05) is 11.8 Å². The van der Waals surface area contributed by atoms with E-state index in [4.69, 9.17) is 9.84 Å². The molecule has 0 atom stereocenters. The molecule has 4 heteroatoms. The monoisotopic (exact) mass is 289 g/mol. The summed E-state index contributed by atoms with van der Waals surface area (Å²) in [5.41, 5.74) is 2.38. The lowest BCUT2D eigenvalue weighted by atomic mass is 10.0. The fraction of sp³-hybridized carbons (Fsp3) is 0.471. The van der Waals surface area contributed by atoms with Crippen LogP contribution in [0.5, 0.6) is 0 Å². The van der Waals surface area contributed by atoms with Gasteiger partial charge in [-0.05, 0) is 44.5 Å². The van der Waals surface area contributed by atoms with Crippen molar-refractivity contribution in [1.82, 2.24) is 4.90 Å². The molecule has 1 N–H and O–H groups in total. The molecule has 1 amide bonds. The van der Waals surface area contributed by atoms with E-state index < -0.39 is 0 Å². The van der Waals surface area contributed by atoms with E-state index in [0.717, 1.165) is 11.1 Å². The zero-order chi connectivity index (χ0) is 15.8. The first-order valence-electron chi connectivity index (χ1n) is 7.03. The van der Waals surface area contributed by atoms with E-state index in [1.54, 1.807) is 18.0 Å². The fourth-order valence-electron chi connectivity index (χ4n) is 1.82. The Labute approximate surface area is 126 Å². The Bertz CT molecular complexity index is 541. The second kappa shape index (κ2) is 8.46. The van der Waals surface area contributed by atoms with Crippen molar-refractivity contribution in [2.75, 3.05) is 26.8 Å². The minimum absolute atomic E-state index is 0.0351. The van der Waals surface area contributed by atoms with Gasteiger partial charge in [0, 0.05) is 24.7 Å². The van der Waals surface area contributed by atoms with Crippen LogP contribution in [-0.2, 0) is 4.74 Å². The molecule has 0 bridgehead atoms. The molecule has 0 heterocycles. The van der Waals surface area contributed by atoms with Crippen LogP contribution in [0.2, 0.25) is 0 Å². The number of rotatable bonds is 5. The van der Waals surface area contributed by atoms with Gasteiger partial charge in [0.05, 0.1) is 12.7 Å². The number of nitrogens with zero attached hydrogens (tertiary/aromatic N) is 1. The highest BCUT2D eigenvalue weighted by molar-refractivity contribution is 5.94. The van der Waals surface area contributed by atoms with E-state index in [-0.39, 0.29) is 18.6 Å². The highest BCUT2D eigenvalue weighted by Gasteiger charge is 2.12. The number of aryl methyl sites for hydroxylation is 1. The molecular formula is C17H23NO3. The van der Waals surface area contributed by atoms with Gasteiger partial charge in [0.15, 0.2) is 0 Å². The summed E-state index contributed by atoms with van der Waals surface area (Å²) in [6.45, 7) is 6.76. The average molecular weight is 289 g/mol. The van der Waals surface area contributed by atoms with Gasteiger partial charge in [-0.25, -0.2) is 0 Å². The molecule has 0 aliphatic carbocycles. The summed E-state index contributed by atoms with van der Waals surface area (Å²) in [6.07, 6.45) is 0.167. The lowest BCUT2D eigenvalue weighted by Gasteiger charge is -2.18. The van der Waals surface area contributed by atoms with E-state index in [0.29, 0.717) is 18.7 Å². The molecule has 0 aliphatic heterocycles. The molecule has 0 fully saturated rings. The number of aliphatic hydroxyl groups is 1. The Kier molecular flexibility index (Phi) is 6.93. The molecule has 0 saturated heterocycles. The Balaban J connectivity index is 2.72. The van der Waals surface area contributed by atoms with Crippen molar-refractivity contribution in [1.29, 1.82) is 0 Å². The Hall–Kier alpha value is -1.83. The Morgan fingerprint density at radius 1 is 1.43 bits per heavy atom. The Morgan fingerprint density at radius 3 is 2.71 bits per heavy atom. The van der Waals surface area contributed by atoms with Gasteiger partial charge < -0.3 is 14.7 Å². The number of aliphatic hydroxyl groups excluding tert-OH is 1. The molecule has 0 radical (unpaired) electrons. The summed E-state index contributed by atoms with van der Waals surface area (Å²) in [4.78, 5) is 13.9. The second-order valence-electron chi connectivity index (χ2n) is 5.14. The highest BCUT2D eigenvalue weighted by atomic mass is 16.5. The largest absolute Gasteiger partial charge is 0.384 e. The van der Waals surface area contributed by atoms with Crippen molar-refractivity contribution < 1.29 is 14.6 Å². The summed E-state index contributed by atoms with van der Waals surface area (Å²) in [5.74, 6) is 5.43. The van der Waals surface area contributed by atoms with Crippen LogP contribution in [0.1, 0.15) is 35.3 Å². The van der Waals surface area contributed by atoms with Gasteiger partial charge >= 0.3 is 0 Å². The molecule has 114 valence electrons. The first kappa shape index (κ1) is 17.2. The number of carbonyl (C=O) groups excluding carboxylic acids is 1. The summed E-state index contributed by atoms with van der Waals surface area (Å²) in [5, 5.41) is 8.71. The second-order valence-corrected chi connectivity index (χ2v) is 5.14. The van der Waals surface area contributed by atoms with E-state index in [9.17, 15) is 4.79 Å². The maximum atomic E-state index is 12.3. The molecule has 0 spiro atoms. The quantitative estimate of drug-likeness (QED) is 0.841. The van der Waals surface area contributed by atoms with Crippen LogP contribution in [0, 0.1) is 18.8 Å². The summed E-state index contributed by atoms with van der Waals surface area (Å²) < 4.78 is 5.45. The lowest BCUT2D eigenvalue weighted by Crippen LogP contribution is -2.30. The predicted octanol–water partition coefficient (Wildman–Crippen LogP) is 1.84. The van der Waals surface area contributed by atoms with Gasteiger partial charge in [0.25, 0.3) is 5.91 Å². The zero-order valence-electron chi connectivity index (χ0n) is 13.1. The normalized spacial score (nSPS) is 10.2. The molecule has 21 heavy (non-hydrogen) atoms. The van der Waals surface area contributed by atoms with E-state index in [1.165, 1.54) is 0 Å². The van der Waals surface area contributed by atoms with Crippen LogP contribution in [0.15, 0.2) is 18.2 Å². The highest BCUT2D eigenvalue weighted by Crippen LogP contribution is 2.12. The molecule has 4 nitrogen and oxygen atoms in total. The first-order chi connectivity index (χ1) is 9.95. The van der Waals surface area contributed by atoms with Crippen molar-refractivity contribution in [3.8, 4) is 11.8 Å². The number of ether oxygens (including phenoxy) is 1. The minimum atomic E-state index is -0.168. The third-order valence-corrected chi connectivity index (χ3v) is 3.00. The van der Waals surface area contributed by atoms with Crippen LogP contribution < -0.4 is 0 Å².